The van der Waals surface area contributed by atoms with Crippen molar-refractivity contribution >= 4 is 11.6 Å². The fraction of sp³-hybridized carbons (Fsp3) is 0.368. The highest BCUT2D eigenvalue weighted by Crippen LogP contribution is 2.16. The first kappa shape index (κ1) is 16.5. The van der Waals surface area contributed by atoms with Crippen LogP contribution in [0.2, 0.25) is 0 Å². The van der Waals surface area contributed by atoms with Gasteiger partial charge in [-0.2, -0.15) is 0 Å². The van der Waals surface area contributed by atoms with Gasteiger partial charge in [0.05, 0.1) is 13.2 Å². The molecule has 5 nitrogen and oxygen atoms in total. The van der Waals surface area contributed by atoms with Crippen molar-refractivity contribution in [3.63, 3.8) is 0 Å². The van der Waals surface area contributed by atoms with E-state index in [-0.39, 0.29) is 5.91 Å². The van der Waals surface area contributed by atoms with E-state index >= 15 is 0 Å². The summed E-state index contributed by atoms with van der Waals surface area (Å²) in [5.41, 5.74) is 3.09. The third-order valence-electron chi connectivity index (χ3n) is 4.18. The molecule has 1 aromatic heterocycles. The van der Waals surface area contributed by atoms with Crippen molar-refractivity contribution in [3.8, 4) is 0 Å². The normalized spacial score (nSPS) is 14.4. The molecular formula is C19H23N3O2. The lowest BCUT2D eigenvalue weighted by Gasteiger charge is -2.28. The van der Waals surface area contributed by atoms with Gasteiger partial charge in [-0.05, 0) is 54.8 Å². The Morgan fingerprint density at radius 1 is 1.08 bits per heavy atom. The van der Waals surface area contributed by atoms with Crippen LogP contribution in [0.4, 0.5) is 5.69 Å². The minimum Gasteiger partial charge on any atom is -0.378 e. The van der Waals surface area contributed by atoms with Crippen LogP contribution < -0.4 is 10.2 Å². The smallest absolute Gasteiger partial charge is 0.251 e. The maximum absolute atomic E-state index is 12.2. The SMILES string of the molecule is O=C(NCCCc1ccncc1)c1ccc(N2CCOCC2)cc1. The Morgan fingerprint density at radius 3 is 2.50 bits per heavy atom. The van der Waals surface area contributed by atoms with Crippen molar-refractivity contribution in [2.45, 2.75) is 12.8 Å². The molecule has 0 spiro atoms. The topological polar surface area (TPSA) is 54.5 Å². The number of carbonyl (C=O) groups excluding carboxylic acids is 1. The molecule has 0 unspecified atom stereocenters. The summed E-state index contributed by atoms with van der Waals surface area (Å²) in [5, 5.41) is 2.98. The minimum absolute atomic E-state index is 0.0155. The number of benzene rings is 1. The zero-order chi connectivity index (χ0) is 16.6. The standard InChI is InChI=1S/C19H23N3O2/c23-19(21-9-1-2-16-7-10-20-11-8-16)17-3-5-18(6-4-17)22-12-14-24-15-13-22/h3-8,10-11H,1-2,9,12-15H2,(H,21,23). The van der Waals surface area contributed by atoms with E-state index in [9.17, 15) is 4.79 Å². The second kappa shape index (κ2) is 8.45. The molecule has 5 heteroatoms. The molecule has 1 amide bonds. The highest BCUT2D eigenvalue weighted by atomic mass is 16.5. The zero-order valence-electron chi connectivity index (χ0n) is 13.8. The molecular weight excluding hydrogens is 302 g/mol. The van der Waals surface area contributed by atoms with E-state index in [0.29, 0.717) is 12.1 Å². The summed E-state index contributed by atoms with van der Waals surface area (Å²) in [6.07, 6.45) is 5.45. The fourth-order valence-corrected chi connectivity index (χ4v) is 2.79. The number of hydrogen-bond donors (Lipinski definition) is 1. The Kier molecular flexibility index (Phi) is 5.80. The predicted octanol–water partition coefficient (Wildman–Crippen LogP) is 2.28. The van der Waals surface area contributed by atoms with Crippen molar-refractivity contribution in [2.24, 2.45) is 0 Å². The number of hydrogen-bond acceptors (Lipinski definition) is 4. The molecule has 1 N–H and O–H groups in total. The summed E-state index contributed by atoms with van der Waals surface area (Å²) in [7, 11) is 0. The van der Waals surface area contributed by atoms with E-state index in [1.54, 1.807) is 12.4 Å². The van der Waals surface area contributed by atoms with Crippen LogP contribution in [-0.4, -0.2) is 43.7 Å². The van der Waals surface area contributed by atoms with E-state index in [2.05, 4.69) is 15.2 Å². The molecule has 1 aliphatic rings. The molecule has 126 valence electrons. The van der Waals surface area contributed by atoms with Crippen LogP contribution in [0.25, 0.3) is 0 Å². The van der Waals surface area contributed by atoms with Crippen molar-refractivity contribution < 1.29 is 9.53 Å². The average Bonchev–Trinajstić information content (AvgIpc) is 2.67. The number of nitrogens with one attached hydrogen (secondary N) is 1. The summed E-state index contributed by atoms with van der Waals surface area (Å²) in [6.45, 7) is 4.01. The van der Waals surface area contributed by atoms with Crippen LogP contribution in [0.1, 0.15) is 22.3 Å². The van der Waals surface area contributed by atoms with Gasteiger partial charge < -0.3 is 15.0 Å². The Morgan fingerprint density at radius 2 is 1.79 bits per heavy atom. The van der Waals surface area contributed by atoms with Gasteiger partial charge in [0, 0.05) is 43.3 Å². The first-order valence-corrected chi connectivity index (χ1v) is 8.43. The minimum atomic E-state index is -0.0155. The molecule has 3 rings (SSSR count). The maximum Gasteiger partial charge on any atom is 0.251 e. The number of morpholine rings is 1. The zero-order valence-corrected chi connectivity index (χ0v) is 13.8. The highest BCUT2D eigenvalue weighted by Gasteiger charge is 2.12. The molecule has 1 aliphatic heterocycles. The third kappa shape index (κ3) is 4.55. The molecule has 0 radical (unpaired) electrons. The summed E-state index contributed by atoms with van der Waals surface area (Å²) in [4.78, 5) is 18.5. The molecule has 1 saturated heterocycles. The number of ether oxygens (including phenoxy) is 1. The molecule has 0 atom stereocenters. The van der Waals surface area contributed by atoms with Crippen molar-refractivity contribution in [1.82, 2.24) is 10.3 Å². The second-order valence-electron chi connectivity index (χ2n) is 5.86. The van der Waals surface area contributed by atoms with E-state index in [0.717, 1.165) is 44.8 Å². The molecule has 0 bridgehead atoms. The van der Waals surface area contributed by atoms with E-state index in [1.165, 1.54) is 5.56 Å². The number of anilines is 1. The van der Waals surface area contributed by atoms with Gasteiger partial charge in [-0.25, -0.2) is 0 Å². The average molecular weight is 325 g/mol. The van der Waals surface area contributed by atoms with Gasteiger partial charge in [-0.3, -0.25) is 9.78 Å². The second-order valence-corrected chi connectivity index (χ2v) is 5.86. The van der Waals surface area contributed by atoms with Gasteiger partial charge in [0.2, 0.25) is 0 Å². The van der Waals surface area contributed by atoms with Gasteiger partial charge in [0.25, 0.3) is 5.91 Å². The number of nitrogens with zero attached hydrogens (tertiary/aromatic N) is 2. The number of carbonyl (C=O) groups is 1. The molecule has 1 fully saturated rings. The molecule has 2 heterocycles. The lowest BCUT2D eigenvalue weighted by Crippen LogP contribution is -2.36. The largest absolute Gasteiger partial charge is 0.378 e. The first-order valence-electron chi connectivity index (χ1n) is 8.43. The van der Waals surface area contributed by atoms with Gasteiger partial charge in [0.1, 0.15) is 0 Å². The van der Waals surface area contributed by atoms with E-state index < -0.39 is 0 Å². The Hall–Kier alpha value is -2.40. The van der Waals surface area contributed by atoms with Gasteiger partial charge in [-0.15, -0.1) is 0 Å². The fourth-order valence-electron chi connectivity index (χ4n) is 2.79. The van der Waals surface area contributed by atoms with Crippen molar-refractivity contribution in [3.05, 3.63) is 59.9 Å². The lowest BCUT2D eigenvalue weighted by molar-refractivity contribution is 0.0953. The number of rotatable bonds is 6. The maximum atomic E-state index is 12.2. The molecule has 0 aliphatic carbocycles. The Bertz CT molecular complexity index is 637. The van der Waals surface area contributed by atoms with Crippen LogP contribution in [-0.2, 0) is 11.2 Å². The lowest BCUT2D eigenvalue weighted by atomic mass is 10.1. The quantitative estimate of drug-likeness (QED) is 0.828. The van der Waals surface area contributed by atoms with Gasteiger partial charge in [-0.1, -0.05) is 0 Å². The molecule has 0 saturated carbocycles. The van der Waals surface area contributed by atoms with E-state index in [1.807, 2.05) is 36.4 Å². The predicted molar refractivity (Wildman–Crippen MR) is 94.4 cm³/mol. The van der Waals surface area contributed by atoms with Crippen LogP contribution >= 0.6 is 0 Å². The molecule has 24 heavy (non-hydrogen) atoms. The van der Waals surface area contributed by atoms with Crippen LogP contribution in [0.15, 0.2) is 48.8 Å². The summed E-state index contributed by atoms with van der Waals surface area (Å²) in [5.74, 6) is -0.0155. The van der Waals surface area contributed by atoms with Crippen molar-refractivity contribution in [2.75, 3.05) is 37.7 Å². The monoisotopic (exact) mass is 325 g/mol. The number of aryl methyl sites for hydroxylation is 1. The summed E-state index contributed by atoms with van der Waals surface area (Å²) >= 11 is 0. The Labute approximate surface area is 142 Å². The van der Waals surface area contributed by atoms with Crippen LogP contribution in [0, 0.1) is 0 Å². The van der Waals surface area contributed by atoms with E-state index in [4.69, 9.17) is 4.74 Å². The van der Waals surface area contributed by atoms with Crippen LogP contribution in [0.3, 0.4) is 0 Å². The summed E-state index contributed by atoms with van der Waals surface area (Å²) < 4.78 is 5.36. The van der Waals surface area contributed by atoms with Gasteiger partial charge >= 0.3 is 0 Å². The molecule has 1 aromatic carbocycles. The van der Waals surface area contributed by atoms with Gasteiger partial charge in [0.15, 0.2) is 0 Å². The summed E-state index contributed by atoms with van der Waals surface area (Å²) in [6, 6.07) is 11.8. The number of amides is 1. The Balaban J connectivity index is 1.44. The third-order valence-corrected chi connectivity index (χ3v) is 4.18. The molecule has 2 aromatic rings. The van der Waals surface area contributed by atoms with Crippen molar-refractivity contribution in [1.29, 1.82) is 0 Å². The highest BCUT2D eigenvalue weighted by molar-refractivity contribution is 5.94. The number of pyridine rings is 1. The number of aromatic nitrogens is 1. The first-order chi connectivity index (χ1) is 11.8. The van der Waals surface area contributed by atoms with Crippen LogP contribution in [0.5, 0.6) is 0 Å².